The van der Waals surface area contributed by atoms with Crippen LogP contribution in [0.15, 0.2) is 0 Å². The van der Waals surface area contributed by atoms with Crippen LogP contribution in [0.3, 0.4) is 0 Å². The van der Waals surface area contributed by atoms with Crippen molar-refractivity contribution in [3.63, 3.8) is 0 Å². The number of nitrogens with zero attached hydrogens (tertiary/aromatic N) is 1. The highest BCUT2D eigenvalue weighted by molar-refractivity contribution is 4.84. The summed E-state index contributed by atoms with van der Waals surface area (Å²) in [5.41, 5.74) is -0.134. The highest BCUT2D eigenvalue weighted by Crippen LogP contribution is 2.14. The molecule has 0 spiro atoms. The Kier molecular flexibility index (Phi) is 8.01. The summed E-state index contributed by atoms with van der Waals surface area (Å²) in [5, 5.41) is 12.9. The Bertz CT molecular complexity index is 197. The summed E-state index contributed by atoms with van der Waals surface area (Å²) in [6, 6.07) is 1.06. The van der Waals surface area contributed by atoms with E-state index in [1.54, 1.807) is 0 Å². The van der Waals surface area contributed by atoms with E-state index in [-0.39, 0.29) is 12.1 Å². The van der Waals surface area contributed by atoms with Crippen LogP contribution in [0.1, 0.15) is 53.9 Å². The van der Waals surface area contributed by atoms with Gasteiger partial charge < -0.3 is 15.3 Å². The first-order valence-corrected chi connectivity index (χ1v) is 6.93. The van der Waals surface area contributed by atoms with Crippen molar-refractivity contribution in [2.45, 2.75) is 71.5 Å². The quantitative estimate of drug-likeness (QED) is 0.653. The van der Waals surface area contributed by atoms with Crippen LogP contribution in [0.4, 0.5) is 0 Å². The van der Waals surface area contributed by atoms with Gasteiger partial charge in [0.15, 0.2) is 0 Å². The zero-order valence-corrected chi connectivity index (χ0v) is 12.6. The molecule has 0 radical (unpaired) electrons. The molecule has 2 unspecified atom stereocenters. The Hall–Kier alpha value is -0.120. The van der Waals surface area contributed by atoms with E-state index in [2.05, 4.69) is 51.9 Å². The van der Waals surface area contributed by atoms with E-state index >= 15 is 0 Å². The molecule has 0 aliphatic rings. The molecule has 0 aliphatic heterocycles. The molecule has 104 valence electrons. The normalized spacial score (nSPS) is 17.5. The molecule has 0 amide bonds. The molecule has 0 saturated heterocycles. The SMILES string of the molecule is CCC(C)N(C)CCCC(C)(CO)NC(C)C. The molecule has 2 atom stereocenters. The molecule has 0 aromatic heterocycles. The highest BCUT2D eigenvalue weighted by Gasteiger charge is 2.23. The lowest BCUT2D eigenvalue weighted by Gasteiger charge is -2.32. The van der Waals surface area contributed by atoms with Crippen LogP contribution >= 0.6 is 0 Å². The summed E-state index contributed by atoms with van der Waals surface area (Å²) in [7, 11) is 2.18. The number of aliphatic hydroxyl groups excluding tert-OH is 1. The van der Waals surface area contributed by atoms with Crippen LogP contribution in [0, 0.1) is 0 Å². The second kappa shape index (κ2) is 8.06. The van der Waals surface area contributed by atoms with Crippen molar-refractivity contribution in [3.05, 3.63) is 0 Å². The molecule has 0 bridgehead atoms. The fourth-order valence-electron chi connectivity index (χ4n) is 2.14. The fraction of sp³-hybridized carbons (Fsp3) is 1.00. The van der Waals surface area contributed by atoms with E-state index < -0.39 is 0 Å². The second-order valence-corrected chi connectivity index (χ2v) is 5.86. The van der Waals surface area contributed by atoms with Crippen molar-refractivity contribution in [1.82, 2.24) is 10.2 Å². The molecule has 3 heteroatoms. The van der Waals surface area contributed by atoms with Gasteiger partial charge in [-0.3, -0.25) is 0 Å². The first kappa shape index (κ1) is 16.9. The van der Waals surface area contributed by atoms with E-state index in [1.807, 2.05) is 0 Å². The average Bonchev–Trinajstić information content (AvgIpc) is 2.26. The van der Waals surface area contributed by atoms with Crippen LogP contribution in [-0.2, 0) is 0 Å². The minimum atomic E-state index is -0.134. The maximum atomic E-state index is 9.48. The van der Waals surface area contributed by atoms with Gasteiger partial charge in [0.05, 0.1) is 6.61 Å². The summed E-state index contributed by atoms with van der Waals surface area (Å²) in [4.78, 5) is 2.40. The molecule has 3 nitrogen and oxygen atoms in total. The van der Waals surface area contributed by atoms with Crippen LogP contribution in [0.25, 0.3) is 0 Å². The van der Waals surface area contributed by atoms with Gasteiger partial charge >= 0.3 is 0 Å². The Morgan fingerprint density at radius 1 is 1.29 bits per heavy atom. The smallest absolute Gasteiger partial charge is 0.0610 e. The Morgan fingerprint density at radius 3 is 2.29 bits per heavy atom. The van der Waals surface area contributed by atoms with Gasteiger partial charge in [0.1, 0.15) is 0 Å². The predicted octanol–water partition coefficient (Wildman–Crippen LogP) is 2.25. The molecule has 0 aromatic rings. The molecule has 0 rings (SSSR count). The summed E-state index contributed by atoms with van der Waals surface area (Å²) in [6.07, 6.45) is 3.33. The van der Waals surface area contributed by atoms with Gasteiger partial charge in [-0.05, 0) is 46.7 Å². The third-order valence-corrected chi connectivity index (χ3v) is 3.57. The van der Waals surface area contributed by atoms with Gasteiger partial charge in [-0.15, -0.1) is 0 Å². The van der Waals surface area contributed by atoms with Crippen molar-refractivity contribution < 1.29 is 5.11 Å². The monoisotopic (exact) mass is 244 g/mol. The number of nitrogens with one attached hydrogen (secondary N) is 1. The maximum Gasteiger partial charge on any atom is 0.0610 e. The predicted molar refractivity (Wildman–Crippen MR) is 75.4 cm³/mol. The first-order valence-electron chi connectivity index (χ1n) is 6.93. The van der Waals surface area contributed by atoms with E-state index in [4.69, 9.17) is 0 Å². The molecule has 0 saturated carbocycles. The lowest BCUT2D eigenvalue weighted by atomic mass is 9.95. The number of rotatable bonds is 9. The van der Waals surface area contributed by atoms with Gasteiger partial charge in [-0.1, -0.05) is 20.8 Å². The Labute approximate surface area is 108 Å². The standard InChI is InChI=1S/C14H32N2O/c1-7-13(4)16(6)10-8-9-14(5,11-17)15-12(2)3/h12-13,15,17H,7-11H2,1-6H3. The zero-order chi connectivity index (χ0) is 13.5. The summed E-state index contributed by atoms with van der Waals surface area (Å²) < 4.78 is 0. The largest absolute Gasteiger partial charge is 0.394 e. The average molecular weight is 244 g/mol. The number of hydrogen-bond donors (Lipinski definition) is 2. The van der Waals surface area contributed by atoms with Crippen molar-refractivity contribution in [2.24, 2.45) is 0 Å². The topological polar surface area (TPSA) is 35.5 Å². The fourth-order valence-corrected chi connectivity index (χ4v) is 2.14. The molecule has 17 heavy (non-hydrogen) atoms. The van der Waals surface area contributed by atoms with Crippen molar-refractivity contribution >= 4 is 0 Å². The maximum absolute atomic E-state index is 9.48. The lowest BCUT2D eigenvalue weighted by Crippen LogP contribution is -2.49. The van der Waals surface area contributed by atoms with Crippen molar-refractivity contribution in [3.8, 4) is 0 Å². The molecule has 0 fully saturated rings. The van der Waals surface area contributed by atoms with Crippen LogP contribution in [-0.4, -0.2) is 47.8 Å². The minimum Gasteiger partial charge on any atom is -0.394 e. The summed E-state index contributed by atoms with van der Waals surface area (Å²) in [6.45, 7) is 12.1. The molecule has 0 aliphatic carbocycles. The second-order valence-electron chi connectivity index (χ2n) is 5.86. The summed E-state index contributed by atoms with van der Waals surface area (Å²) >= 11 is 0. The van der Waals surface area contributed by atoms with Gasteiger partial charge in [0.2, 0.25) is 0 Å². The van der Waals surface area contributed by atoms with Gasteiger partial charge in [-0.2, -0.15) is 0 Å². The first-order chi connectivity index (χ1) is 7.84. The van der Waals surface area contributed by atoms with Crippen LogP contribution in [0.2, 0.25) is 0 Å². The molecular formula is C14H32N2O. The Balaban J connectivity index is 3.99. The van der Waals surface area contributed by atoms with Crippen LogP contribution < -0.4 is 5.32 Å². The molecule has 2 N–H and O–H groups in total. The lowest BCUT2D eigenvalue weighted by molar-refractivity contribution is 0.146. The molecular weight excluding hydrogens is 212 g/mol. The van der Waals surface area contributed by atoms with E-state index in [0.29, 0.717) is 12.1 Å². The van der Waals surface area contributed by atoms with Crippen LogP contribution in [0.5, 0.6) is 0 Å². The van der Waals surface area contributed by atoms with E-state index in [9.17, 15) is 5.11 Å². The van der Waals surface area contributed by atoms with Crippen molar-refractivity contribution in [2.75, 3.05) is 20.2 Å². The highest BCUT2D eigenvalue weighted by atomic mass is 16.3. The Morgan fingerprint density at radius 2 is 1.88 bits per heavy atom. The van der Waals surface area contributed by atoms with E-state index in [0.717, 1.165) is 19.4 Å². The van der Waals surface area contributed by atoms with E-state index in [1.165, 1.54) is 6.42 Å². The van der Waals surface area contributed by atoms with Crippen molar-refractivity contribution in [1.29, 1.82) is 0 Å². The molecule has 0 heterocycles. The third kappa shape index (κ3) is 7.02. The molecule has 0 aromatic carbocycles. The third-order valence-electron chi connectivity index (χ3n) is 3.57. The van der Waals surface area contributed by atoms with Gasteiger partial charge in [0, 0.05) is 17.6 Å². The minimum absolute atomic E-state index is 0.134. The van der Waals surface area contributed by atoms with Gasteiger partial charge in [0.25, 0.3) is 0 Å². The number of hydrogen-bond acceptors (Lipinski definition) is 3. The summed E-state index contributed by atoms with van der Waals surface area (Å²) in [5.74, 6) is 0. The van der Waals surface area contributed by atoms with Gasteiger partial charge in [-0.25, -0.2) is 0 Å². The number of aliphatic hydroxyl groups is 1. The zero-order valence-electron chi connectivity index (χ0n) is 12.6.